The summed E-state index contributed by atoms with van der Waals surface area (Å²) in [5, 5.41) is 3.56. The third-order valence-electron chi connectivity index (χ3n) is 6.43. The van der Waals surface area contributed by atoms with Gasteiger partial charge in [0, 0.05) is 45.4 Å². The zero-order chi connectivity index (χ0) is 23.5. The van der Waals surface area contributed by atoms with Gasteiger partial charge >= 0.3 is 0 Å². The second-order valence-corrected chi connectivity index (χ2v) is 8.55. The minimum absolute atomic E-state index is 0.00527. The number of aromatic nitrogens is 3. The van der Waals surface area contributed by atoms with Crippen LogP contribution in [-0.2, 0) is 17.8 Å². The topological polar surface area (TPSA) is 90.7 Å². The minimum atomic E-state index is -0.382. The molecule has 2 aliphatic rings. The summed E-state index contributed by atoms with van der Waals surface area (Å²) in [6.45, 7) is 4.40. The smallest absolute Gasteiger partial charge is 0.269 e. The minimum Gasteiger partial charge on any atom is -0.486 e. The highest BCUT2D eigenvalue weighted by Crippen LogP contribution is 2.29. The molecule has 1 N–H and O–H groups in total. The van der Waals surface area contributed by atoms with Crippen molar-refractivity contribution in [1.29, 1.82) is 0 Å². The Labute approximate surface area is 196 Å². The van der Waals surface area contributed by atoms with Crippen LogP contribution in [0.5, 0.6) is 11.5 Å². The van der Waals surface area contributed by atoms with Crippen molar-refractivity contribution >= 4 is 11.0 Å². The molecular weight excluding hydrogens is 441 g/mol. The van der Waals surface area contributed by atoms with Gasteiger partial charge in [0.2, 0.25) is 0 Å². The zero-order valence-corrected chi connectivity index (χ0v) is 19.1. The third kappa shape index (κ3) is 4.89. The average Bonchev–Trinajstić information content (AvgIpc) is 2.87. The molecule has 180 valence electrons. The summed E-state index contributed by atoms with van der Waals surface area (Å²) in [5.41, 5.74) is 1.77. The lowest BCUT2D eigenvalue weighted by Gasteiger charge is -2.38. The average molecular weight is 470 g/mol. The fraction of sp³-hybridized carbons (Fsp3) is 0.458. The first-order chi connectivity index (χ1) is 16.6. The lowest BCUT2D eigenvalue weighted by Crippen LogP contribution is -2.53. The van der Waals surface area contributed by atoms with Gasteiger partial charge in [-0.15, -0.1) is 0 Å². The highest BCUT2D eigenvalue weighted by Gasteiger charge is 2.29. The van der Waals surface area contributed by atoms with E-state index in [-0.39, 0.29) is 23.5 Å². The summed E-state index contributed by atoms with van der Waals surface area (Å²) in [4.78, 5) is 23.3. The van der Waals surface area contributed by atoms with E-state index < -0.39 is 0 Å². The zero-order valence-electron chi connectivity index (χ0n) is 19.1. The number of halogens is 1. The number of benzene rings is 1. The van der Waals surface area contributed by atoms with Crippen LogP contribution in [0.4, 0.5) is 4.39 Å². The van der Waals surface area contributed by atoms with E-state index in [1.165, 1.54) is 18.3 Å². The van der Waals surface area contributed by atoms with E-state index in [2.05, 4.69) is 20.2 Å². The number of pyridine rings is 1. The normalized spacial score (nSPS) is 20.5. The third-order valence-corrected chi connectivity index (χ3v) is 6.43. The second kappa shape index (κ2) is 10.0. The Kier molecular flexibility index (Phi) is 6.70. The Bertz CT molecular complexity index is 1220. The number of nitrogens with one attached hydrogen (secondary N) is 1. The maximum atomic E-state index is 13.8. The maximum Gasteiger partial charge on any atom is 0.269 e. The number of rotatable bonds is 7. The molecule has 1 saturated heterocycles. The van der Waals surface area contributed by atoms with E-state index >= 15 is 0 Å². The fourth-order valence-corrected chi connectivity index (χ4v) is 4.58. The van der Waals surface area contributed by atoms with Crippen LogP contribution < -0.4 is 20.3 Å². The van der Waals surface area contributed by atoms with Crippen LogP contribution >= 0.6 is 0 Å². The number of ether oxygens (including phenoxy) is 3. The molecule has 2 unspecified atom stereocenters. The van der Waals surface area contributed by atoms with Crippen molar-refractivity contribution in [1.82, 2.24) is 24.8 Å². The molecule has 34 heavy (non-hydrogen) atoms. The summed E-state index contributed by atoms with van der Waals surface area (Å²) in [5.74, 6) is 1.03. The predicted molar refractivity (Wildman–Crippen MR) is 124 cm³/mol. The van der Waals surface area contributed by atoms with Gasteiger partial charge in [0.25, 0.3) is 5.56 Å². The number of hydrogen-bond donors (Lipinski definition) is 1. The fourth-order valence-electron chi connectivity index (χ4n) is 4.58. The molecule has 0 spiro atoms. The molecule has 0 aliphatic carbocycles. The largest absolute Gasteiger partial charge is 0.486 e. The first kappa shape index (κ1) is 22.7. The molecule has 9 nitrogen and oxygen atoms in total. The van der Waals surface area contributed by atoms with Gasteiger partial charge in [0.1, 0.15) is 19.0 Å². The molecule has 0 radical (unpaired) electrons. The van der Waals surface area contributed by atoms with Crippen molar-refractivity contribution in [3.8, 4) is 11.5 Å². The van der Waals surface area contributed by atoms with E-state index in [1.54, 1.807) is 23.9 Å². The molecule has 2 aliphatic heterocycles. The molecule has 1 aromatic carbocycles. The van der Waals surface area contributed by atoms with E-state index in [0.717, 1.165) is 31.0 Å². The molecule has 0 saturated carbocycles. The van der Waals surface area contributed by atoms with Gasteiger partial charge in [-0.3, -0.25) is 14.7 Å². The van der Waals surface area contributed by atoms with Crippen LogP contribution in [-0.4, -0.2) is 71.5 Å². The van der Waals surface area contributed by atoms with Crippen LogP contribution in [0.15, 0.2) is 41.5 Å². The van der Waals surface area contributed by atoms with Gasteiger partial charge in [0.15, 0.2) is 11.5 Å². The number of fused-ring (bicyclic) bond motifs is 2. The van der Waals surface area contributed by atoms with E-state index in [0.29, 0.717) is 49.6 Å². The van der Waals surface area contributed by atoms with Crippen molar-refractivity contribution < 1.29 is 18.6 Å². The van der Waals surface area contributed by atoms with Crippen LogP contribution in [0.25, 0.3) is 11.0 Å². The molecule has 10 heteroatoms. The van der Waals surface area contributed by atoms with Crippen molar-refractivity contribution in [3.05, 3.63) is 58.5 Å². The standard InChI is InChI=1S/C24H28FN5O4/c1-32-23-15-29(6-7-30-20-10-16(25)2-3-18(20)28-14-24(30)31)5-4-19(23)27-12-17-11-21-22(13-26-17)34-9-8-33-21/h2-3,10-11,13-14,19,23,27H,4-9,12,15H2,1H3. The Morgan fingerprint density at radius 1 is 1.15 bits per heavy atom. The number of piperidine rings is 1. The van der Waals surface area contributed by atoms with Crippen molar-refractivity contribution in [3.63, 3.8) is 0 Å². The Hall–Kier alpha value is -3.08. The summed E-state index contributed by atoms with van der Waals surface area (Å²) < 4.78 is 32.3. The van der Waals surface area contributed by atoms with Crippen LogP contribution in [0, 0.1) is 5.82 Å². The quantitative estimate of drug-likeness (QED) is 0.558. The maximum absolute atomic E-state index is 13.8. The van der Waals surface area contributed by atoms with Crippen molar-refractivity contribution in [2.24, 2.45) is 0 Å². The SMILES string of the molecule is COC1CN(CCn2c(=O)cnc3ccc(F)cc32)CCC1NCc1cc2c(cn1)OCCO2. The number of hydrogen-bond acceptors (Lipinski definition) is 8. The predicted octanol–water partition coefficient (Wildman–Crippen LogP) is 1.58. The highest BCUT2D eigenvalue weighted by molar-refractivity contribution is 5.74. The summed E-state index contributed by atoms with van der Waals surface area (Å²) in [7, 11) is 1.72. The monoisotopic (exact) mass is 469 g/mol. The lowest BCUT2D eigenvalue weighted by molar-refractivity contribution is 0.00440. The Morgan fingerprint density at radius 3 is 2.85 bits per heavy atom. The molecular formula is C24H28FN5O4. The highest BCUT2D eigenvalue weighted by atomic mass is 19.1. The molecule has 1 fully saturated rings. The summed E-state index contributed by atoms with van der Waals surface area (Å²) in [6.07, 6.45) is 3.89. The summed E-state index contributed by atoms with van der Waals surface area (Å²) >= 11 is 0. The molecule has 5 rings (SSSR count). The van der Waals surface area contributed by atoms with Gasteiger partial charge in [-0.05, 0) is 31.2 Å². The molecule has 4 heterocycles. The van der Waals surface area contributed by atoms with Gasteiger partial charge in [-0.25, -0.2) is 9.37 Å². The summed E-state index contributed by atoms with van der Waals surface area (Å²) in [6, 6.07) is 6.40. The van der Waals surface area contributed by atoms with Crippen molar-refractivity contribution in [2.45, 2.75) is 31.7 Å². The van der Waals surface area contributed by atoms with E-state index in [4.69, 9.17) is 14.2 Å². The number of methoxy groups -OCH3 is 1. The number of likely N-dealkylation sites (tertiary alicyclic amines) is 1. The first-order valence-corrected chi connectivity index (χ1v) is 11.5. The van der Waals surface area contributed by atoms with Crippen LogP contribution in [0.2, 0.25) is 0 Å². The van der Waals surface area contributed by atoms with Gasteiger partial charge in [-0.2, -0.15) is 0 Å². The lowest BCUT2D eigenvalue weighted by atomic mass is 10.0. The molecule has 3 aromatic rings. The second-order valence-electron chi connectivity index (χ2n) is 8.55. The molecule has 0 amide bonds. The number of nitrogens with zero attached hydrogens (tertiary/aromatic N) is 4. The van der Waals surface area contributed by atoms with E-state index in [9.17, 15) is 9.18 Å². The first-order valence-electron chi connectivity index (χ1n) is 11.5. The van der Waals surface area contributed by atoms with Crippen LogP contribution in [0.1, 0.15) is 12.1 Å². The Balaban J connectivity index is 1.19. The molecule has 2 aromatic heterocycles. The van der Waals surface area contributed by atoms with Crippen LogP contribution in [0.3, 0.4) is 0 Å². The van der Waals surface area contributed by atoms with Gasteiger partial charge < -0.3 is 24.1 Å². The van der Waals surface area contributed by atoms with E-state index in [1.807, 2.05) is 6.07 Å². The molecule has 0 bridgehead atoms. The van der Waals surface area contributed by atoms with Gasteiger partial charge in [-0.1, -0.05) is 0 Å². The van der Waals surface area contributed by atoms with Gasteiger partial charge in [0.05, 0.1) is 35.2 Å². The Morgan fingerprint density at radius 2 is 2.00 bits per heavy atom. The molecule has 2 atom stereocenters. The van der Waals surface area contributed by atoms with Crippen molar-refractivity contribution in [2.75, 3.05) is 40.0 Å².